The number of halogens is 1. The Morgan fingerprint density at radius 1 is 0.963 bits per heavy atom. The average Bonchev–Trinajstić information content (AvgIpc) is 3.07. The summed E-state index contributed by atoms with van der Waals surface area (Å²) in [6.07, 6.45) is 0.991. The van der Waals surface area contributed by atoms with Crippen molar-refractivity contribution in [2.24, 2.45) is 5.92 Å². The third-order valence-corrected chi connectivity index (χ3v) is 6.42. The molecule has 0 saturated carbocycles. The summed E-state index contributed by atoms with van der Waals surface area (Å²) in [5, 5.41) is 13.3. The summed E-state index contributed by atoms with van der Waals surface area (Å²) in [6.45, 7) is 0. The minimum absolute atomic E-state index is 0.0727. The molecule has 3 nitrogen and oxygen atoms in total. The van der Waals surface area contributed by atoms with Crippen molar-refractivity contribution in [3.8, 4) is 0 Å². The molecule has 0 aromatic heterocycles. The van der Waals surface area contributed by atoms with Crippen LogP contribution in [0.1, 0.15) is 44.6 Å². The quantitative estimate of drug-likeness (QED) is 0.566. The molecule has 3 aromatic carbocycles. The first-order chi connectivity index (χ1) is 13.1. The second-order valence-corrected chi connectivity index (χ2v) is 8.21. The minimum atomic E-state index is -0.890. The van der Waals surface area contributed by atoms with Crippen LogP contribution in [0.2, 0.25) is 0 Å². The number of aromatic carboxylic acids is 1. The summed E-state index contributed by atoms with van der Waals surface area (Å²) in [6, 6.07) is 22.6. The Balaban J connectivity index is 1.72. The summed E-state index contributed by atoms with van der Waals surface area (Å²) in [5.74, 6) is -0.316. The van der Waals surface area contributed by atoms with Crippen molar-refractivity contribution < 1.29 is 9.90 Å². The van der Waals surface area contributed by atoms with Crippen molar-refractivity contribution >= 4 is 27.6 Å². The summed E-state index contributed by atoms with van der Waals surface area (Å²) in [5.41, 5.74) is 6.08. The highest BCUT2D eigenvalue weighted by atomic mass is 79.9. The predicted molar refractivity (Wildman–Crippen MR) is 109 cm³/mol. The van der Waals surface area contributed by atoms with Crippen LogP contribution in [-0.2, 0) is 6.42 Å². The Hall–Kier alpha value is -2.59. The van der Waals surface area contributed by atoms with E-state index in [1.165, 1.54) is 16.7 Å². The smallest absolute Gasteiger partial charge is 0.337 e. The van der Waals surface area contributed by atoms with Crippen molar-refractivity contribution in [2.45, 2.75) is 18.4 Å². The third-order valence-electron chi connectivity index (χ3n) is 5.89. The molecular formula is C23H18BrNO2. The summed E-state index contributed by atoms with van der Waals surface area (Å²) < 4.78 is 1.04. The van der Waals surface area contributed by atoms with Gasteiger partial charge in [-0.1, -0.05) is 64.5 Å². The van der Waals surface area contributed by atoms with E-state index < -0.39 is 5.97 Å². The lowest BCUT2D eigenvalue weighted by Crippen LogP contribution is -2.31. The Morgan fingerprint density at radius 2 is 1.70 bits per heavy atom. The van der Waals surface area contributed by atoms with Gasteiger partial charge in [-0.15, -0.1) is 0 Å². The summed E-state index contributed by atoms with van der Waals surface area (Å²) in [4.78, 5) is 11.9. The first-order valence-electron chi connectivity index (χ1n) is 9.09. The molecule has 0 amide bonds. The highest BCUT2D eigenvalue weighted by Crippen LogP contribution is 2.54. The number of benzene rings is 3. The van der Waals surface area contributed by atoms with Gasteiger partial charge >= 0.3 is 5.97 Å². The first kappa shape index (κ1) is 16.6. The number of nitrogens with one attached hydrogen (secondary N) is 1. The number of carboxylic acid groups (broad SMARTS) is 1. The fraction of sp³-hybridized carbons (Fsp3) is 0.174. The predicted octanol–water partition coefficient (Wildman–Crippen LogP) is 5.62. The van der Waals surface area contributed by atoms with E-state index in [1.807, 2.05) is 18.2 Å². The number of carboxylic acids is 1. The molecule has 0 saturated heterocycles. The van der Waals surface area contributed by atoms with Crippen molar-refractivity contribution in [3.63, 3.8) is 0 Å². The lowest BCUT2D eigenvalue weighted by molar-refractivity contribution is 0.0697. The molecular weight excluding hydrogens is 402 g/mol. The normalized spacial score (nSPS) is 22.3. The highest BCUT2D eigenvalue weighted by Gasteiger charge is 2.44. The van der Waals surface area contributed by atoms with E-state index in [0.29, 0.717) is 11.5 Å². The molecule has 1 aliphatic heterocycles. The van der Waals surface area contributed by atoms with Crippen LogP contribution in [0.15, 0.2) is 71.2 Å². The van der Waals surface area contributed by atoms with E-state index in [-0.39, 0.29) is 12.0 Å². The maximum absolute atomic E-state index is 11.9. The molecule has 0 fully saturated rings. The first-order valence-corrected chi connectivity index (χ1v) is 9.89. The molecule has 5 rings (SSSR count). The van der Waals surface area contributed by atoms with E-state index in [4.69, 9.17) is 0 Å². The zero-order valence-electron chi connectivity index (χ0n) is 14.5. The van der Waals surface area contributed by atoms with Gasteiger partial charge in [0, 0.05) is 10.4 Å². The van der Waals surface area contributed by atoms with Crippen LogP contribution >= 0.6 is 15.9 Å². The number of carbonyl (C=O) groups is 1. The van der Waals surface area contributed by atoms with Gasteiger partial charge in [0.05, 0.1) is 17.3 Å². The monoisotopic (exact) mass is 419 g/mol. The standard InChI is InChI=1S/C23H18BrNO2/c24-15-10-8-13(9-11-15)21-19-12-14-4-1-2-5-16(14)20(19)17-6-3-7-18(23(26)27)22(17)25-21/h1-11,19-21,25H,12H2,(H,26,27)/t19-,20-,21+/m0/s1. The molecule has 4 heteroatoms. The van der Waals surface area contributed by atoms with E-state index in [9.17, 15) is 9.90 Å². The van der Waals surface area contributed by atoms with Gasteiger partial charge in [-0.05, 0) is 52.8 Å². The highest BCUT2D eigenvalue weighted by molar-refractivity contribution is 9.10. The molecule has 0 spiro atoms. The maximum Gasteiger partial charge on any atom is 0.337 e. The largest absolute Gasteiger partial charge is 0.478 e. The Labute approximate surface area is 166 Å². The average molecular weight is 420 g/mol. The van der Waals surface area contributed by atoms with Gasteiger partial charge in [0.1, 0.15) is 0 Å². The lowest BCUT2D eigenvalue weighted by atomic mass is 9.75. The molecule has 27 heavy (non-hydrogen) atoms. The van der Waals surface area contributed by atoms with Gasteiger partial charge in [-0.25, -0.2) is 4.79 Å². The summed E-state index contributed by atoms with van der Waals surface area (Å²) in [7, 11) is 0. The molecule has 1 aliphatic carbocycles. The molecule has 0 bridgehead atoms. The van der Waals surface area contributed by atoms with Crippen LogP contribution in [0.5, 0.6) is 0 Å². The van der Waals surface area contributed by atoms with Crippen LogP contribution in [0.3, 0.4) is 0 Å². The van der Waals surface area contributed by atoms with Gasteiger partial charge in [0.15, 0.2) is 0 Å². The minimum Gasteiger partial charge on any atom is -0.478 e. The fourth-order valence-electron chi connectivity index (χ4n) is 4.77. The van der Waals surface area contributed by atoms with Crippen LogP contribution < -0.4 is 5.32 Å². The maximum atomic E-state index is 11.9. The Kier molecular flexibility index (Phi) is 3.83. The molecule has 3 aromatic rings. The van der Waals surface area contributed by atoms with E-state index in [1.54, 1.807) is 6.07 Å². The molecule has 1 heterocycles. The van der Waals surface area contributed by atoms with Crippen molar-refractivity contribution in [1.29, 1.82) is 0 Å². The van der Waals surface area contributed by atoms with Crippen LogP contribution in [0, 0.1) is 5.92 Å². The van der Waals surface area contributed by atoms with Crippen molar-refractivity contribution in [1.82, 2.24) is 0 Å². The molecule has 0 radical (unpaired) electrons. The number of hydrogen-bond donors (Lipinski definition) is 2. The molecule has 3 atom stereocenters. The van der Waals surface area contributed by atoms with Gasteiger partial charge in [0.2, 0.25) is 0 Å². The van der Waals surface area contributed by atoms with Crippen LogP contribution in [0.4, 0.5) is 5.69 Å². The number of para-hydroxylation sites is 1. The zero-order valence-corrected chi connectivity index (χ0v) is 16.1. The number of anilines is 1. The second-order valence-electron chi connectivity index (χ2n) is 7.29. The van der Waals surface area contributed by atoms with Gasteiger partial charge < -0.3 is 10.4 Å². The number of rotatable bonds is 2. The third kappa shape index (κ3) is 2.59. The molecule has 2 aliphatic rings. The zero-order chi connectivity index (χ0) is 18.5. The van der Waals surface area contributed by atoms with Crippen molar-refractivity contribution in [2.75, 3.05) is 5.32 Å². The lowest BCUT2D eigenvalue weighted by Gasteiger charge is -2.38. The molecule has 0 unspecified atom stereocenters. The SMILES string of the molecule is O=C(O)c1cccc2c1N[C@H](c1ccc(Br)cc1)[C@H]1Cc3ccccc3[C@@H]21. The van der Waals surface area contributed by atoms with Gasteiger partial charge in [-0.3, -0.25) is 0 Å². The summed E-state index contributed by atoms with van der Waals surface area (Å²) >= 11 is 3.51. The number of fused-ring (bicyclic) bond motifs is 5. The number of hydrogen-bond acceptors (Lipinski definition) is 2. The van der Waals surface area contributed by atoms with Crippen LogP contribution in [-0.4, -0.2) is 11.1 Å². The Bertz CT molecular complexity index is 1040. The van der Waals surface area contributed by atoms with E-state index in [0.717, 1.165) is 22.1 Å². The van der Waals surface area contributed by atoms with Crippen LogP contribution in [0.25, 0.3) is 0 Å². The second kappa shape index (κ2) is 6.24. The van der Waals surface area contributed by atoms with E-state index in [2.05, 4.69) is 63.7 Å². The van der Waals surface area contributed by atoms with Gasteiger partial charge in [-0.2, -0.15) is 0 Å². The van der Waals surface area contributed by atoms with Crippen molar-refractivity contribution in [3.05, 3.63) is 99.0 Å². The molecule has 134 valence electrons. The molecule has 2 N–H and O–H groups in total. The fourth-order valence-corrected chi connectivity index (χ4v) is 5.03. The Morgan fingerprint density at radius 3 is 2.48 bits per heavy atom. The van der Waals surface area contributed by atoms with E-state index >= 15 is 0 Å². The van der Waals surface area contributed by atoms with Gasteiger partial charge in [0.25, 0.3) is 0 Å². The topological polar surface area (TPSA) is 49.3 Å².